The minimum Gasteiger partial charge on any atom is -0.508 e. The molecule has 0 spiro atoms. The molecule has 5 heteroatoms. The number of phenols is 2. The molecule has 1 aromatic rings. The summed E-state index contributed by atoms with van der Waals surface area (Å²) in [5, 5.41) is 27.3. The van der Waals surface area contributed by atoms with Crippen molar-refractivity contribution in [2.75, 3.05) is 6.61 Å². The number of rotatable bonds is 3. The number of phenolic OH excluding ortho intramolecular Hbond substituents is 1. The number of aromatic hydroxyl groups is 2. The van der Waals surface area contributed by atoms with Crippen LogP contribution < -0.4 is 5.73 Å². The summed E-state index contributed by atoms with van der Waals surface area (Å²) in [5.41, 5.74) is 5.12. The minimum atomic E-state index is -0.822. The van der Waals surface area contributed by atoms with E-state index in [1.807, 2.05) is 0 Å². The lowest BCUT2D eigenvalue weighted by Crippen LogP contribution is -2.12. The zero-order valence-corrected chi connectivity index (χ0v) is 7.40. The largest absolute Gasteiger partial charge is 0.508 e. The molecule has 1 rings (SSSR count). The first-order chi connectivity index (χ1) is 6.56. The summed E-state index contributed by atoms with van der Waals surface area (Å²) in [6.45, 7) is -0.185. The van der Waals surface area contributed by atoms with E-state index in [1.165, 1.54) is 6.07 Å². The Hall–Kier alpha value is -1.75. The van der Waals surface area contributed by atoms with Gasteiger partial charge in [0.1, 0.15) is 11.5 Å². The van der Waals surface area contributed by atoms with Gasteiger partial charge in [-0.3, -0.25) is 4.79 Å². The highest BCUT2D eigenvalue weighted by Crippen LogP contribution is 2.27. The van der Waals surface area contributed by atoms with Crippen molar-refractivity contribution >= 4 is 5.91 Å². The minimum absolute atomic E-state index is 0.145. The van der Waals surface area contributed by atoms with Crippen molar-refractivity contribution in [2.24, 2.45) is 5.73 Å². The summed E-state index contributed by atoms with van der Waals surface area (Å²) in [7, 11) is 0. The molecule has 0 radical (unpaired) electrons. The number of amides is 1. The summed E-state index contributed by atoms with van der Waals surface area (Å²) in [6.07, 6.45) is 0.153. The number of carbonyl (C=O) groups is 1. The number of carbonyl (C=O) groups excluding carboxylic acids is 1. The van der Waals surface area contributed by atoms with Crippen LogP contribution in [0.1, 0.15) is 15.9 Å². The van der Waals surface area contributed by atoms with Gasteiger partial charge in [0.15, 0.2) is 0 Å². The van der Waals surface area contributed by atoms with E-state index in [0.29, 0.717) is 5.56 Å². The van der Waals surface area contributed by atoms with Crippen LogP contribution in [0.25, 0.3) is 0 Å². The maximum Gasteiger partial charge on any atom is 0.252 e. The van der Waals surface area contributed by atoms with Crippen LogP contribution in [-0.4, -0.2) is 27.8 Å². The lowest BCUT2D eigenvalue weighted by Gasteiger charge is -2.07. The van der Waals surface area contributed by atoms with Gasteiger partial charge in [-0.2, -0.15) is 0 Å². The second kappa shape index (κ2) is 3.97. The topological polar surface area (TPSA) is 104 Å². The number of nitrogens with two attached hydrogens (primary N) is 1. The summed E-state index contributed by atoms with van der Waals surface area (Å²) in [5.74, 6) is -1.28. The molecule has 5 nitrogen and oxygen atoms in total. The van der Waals surface area contributed by atoms with Crippen molar-refractivity contribution in [3.05, 3.63) is 23.3 Å². The number of aliphatic hydroxyl groups excluding tert-OH is 1. The molecule has 76 valence electrons. The normalized spacial score (nSPS) is 10.1. The molecular formula is C9H11NO4. The first kappa shape index (κ1) is 10.3. The van der Waals surface area contributed by atoms with Crippen molar-refractivity contribution in [3.63, 3.8) is 0 Å². The Bertz CT molecular complexity index is 362. The van der Waals surface area contributed by atoms with E-state index in [-0.39, 0.29) is 30.1 Å². The summed E-state index contributed by atoms with van der Waals surface area (Å²) >= 11 is 0. The average molecular weight is 197 g/mol. The first-order valence-electron chi connectivity index (χ1n) is 4.01. The maximum absolute atomic E-state index is 10.8. The highest BCUT2D eigenvalue weighted by molar-refractivity contribution is 5.96. The quantitative estimate of drug-likeness (QED) is 0.501. The third kappa shape index (κ3) is 1.94. The van der Waals surface area contributed by atoms with Crippen LogP contribution in [-0.2, 0) is 6.42 Å². The molecule has 0 heterocycles. The fourth-order valence-corrected chi connectivity index (χ4v) is 1.18. The van der Waals surface area contributed by atoms with Gasteiger partial charge >= 0.3 is 0 Å². The number of hydrogen-bond acceptors (Lipinski definition) is 4. The van der Waals surface area contributed by atoms with Gasteiger partial charge in [0.2, 0.25) is 0 Å². The zero-order valence-electron chi connectivity index (χ0n) is 7.40. The number of hydrogen-bond donors (Lipinski definition) is 4. The molecule has 1 aromatic carbocycles. The molecule has 0 aliphatic heterocycles. The standard InChI is InChI=1S/C9H11NO4/c10-9(14)7-4-6(12)3-5(1-2-11)8(7)13/h3-4,11-13H,1-2H2,(H2,10,14). The Labute approximate surface area is 80.4 Å². The summed E-state index contributed by atoms with van der Waals surface area (Å²) in [6, 6.07) is 2.36. The van der Waals surface area contributed by atoms with E-state index in [9.17, 15) is 15.0 Å². The molecule has 0 aliphatic carbocycles. The van der Waals surface area contributed by atoms with E-state index >= 15 is 0 Å². The van der Waals surface area contributed by atoms with Crippen LogP contribution >= 0.6 is 0 Å². The monoisotopic (exact) mass is 197 g/mol. The van der Waals surface area contributed by atoms with E-state index in [2.05, 4.69) is 0 Å². The predicted molar refractivity (Wildman–Crippen MR) is 49.1 cm³/mol. The molecule has 1 amide bonds. The molecule has 14 heavy (non-hydrogen) atoms. The van der Waals surface area contributed by atoms with Gasteiger partial charge in [-0.15, -0.1) is 0 Å². The molecule has 0 saturated heterocycles. The lowest BCUT2D eigenvalue weighted by molar-refractivity contribution is 0.0997. The number of primary amides is 1. The zero-order chi connectivity index (χ0) is 10.7. The fraction of sp³-hybridized carbons (Fsp3) is 0.222. The van der Waals surface area contributed by atoms with E-state index in [0.717, 1.165) is 6.07 Å². The molecule has 0 fully saturated rings. The molecule has 5 N–H and O–H groups in total. The van der Waals surface area contributed by atoms with Gasteiger partial charge in [0.25, 0.3) is 5.91 Å². The van der Waals surface area contributed by atoms with Crippen molar-refractivity contribution in [1.82, 2.24) is 0 Å². The van der Waals surface area contributed by atoms with E-state index in [4.69, 9.17) is 10.8 Å². The van der Waals surface area contributed by atoms with Crippen LogP contribution in [0.15, 0.2) is 12.1 Å². The van der Waals surface area contributed by atoms with Gasteiger partial charge in [-0.05, 0) is 18.6 Å². The number of benzene rings is 1. The van der Waals surface area contributed by atoms with Crippen molar-refractivity contribution in [2.45, 2.75) is 6.42 Å². The predicted octanol–water partition coefficient (Wildman–Crippen LogP) is -0.269. The van der Waals surface area contributed by atoms with Crippen LogP contribution in [0, 0.1) is 0 Å². The highest BCUT2D eigenvalue weighted by Gasteiger charge is 2.13. The average Bonchev–Trinajstić information content (AvgIpc) is 2.10. The van der Waals surface area contributed by atoms with Gasteiger partial charge in [0, 0.05) is 12.2 Å². The third-order valence-corrected chi connectivity index (χ3v) is 1.82. The number of aliphatic hydroxyl groups is 1. The maximum atomic E-state index is 10.8. The second-order valence-electron chi connectivity index (χ2n) is 2.84. The highest BCUT2D eigenvalue weighted by atomic mass is 16.3. The SMILES string of the molecule is NC(=O)c1cc(O)cc(CCO)c1O. The molecule has 0 atom stereocenters. The molecule has 0 unspecified atom stereocenters. The van der Waals surface area contributed by atoms with E-state index in [1.54, 1.807) is 0 Å². The molecule has 0 bridgehead atoms. The van der Waals surface area contributed by atoms with E-state index < -0.39 is 5.91 Å². The Morgan fingerprint density at radius 3 is 2.50 bits per heavy atom. The van der Waals surface area contributed by atoms with Crippen molar-refractivity contribution in [1.29, 1.82) is 0 Å². The Balaban J connectivity index is 3.24. The third-order valence-electron chi connectivity index (χ3n) is 1.82. The molecular weight excluding hydrogens is 186 g/mol. The second-order valence-corrected chi connectivity index (χ2v) is 2.84. The molecule has 0 aromatic heterocycles. The van der Waals surface area contributed by atoms with Gasteiger partial charge in [-0.1, -0.05) is 0 Å². The molecule has 0 aliphatic rings. The Kier molecular flexibility index (Phi) is 2.93. The smallest absolute Gasteiger partial charge is 0.252 e. The van der Waals surface area contributed by atoms with Gasteiger partial charge in [-0.25, -0.2) is 0 Å². The first-order valence-corrected chi connectivity index (χ1v) is 4.01. The Morgan fingerprint density at radius 2 is 2.00 bits per heavy atom. The van der Waals surface area contributed by atoms with Crippen LogP contribution in [0.2, 0.25) is 0 Å². The fourth-order valence-electron chi connectivity index (χ4n) is 1.18. The van der Waals surface area contributed by atoms with Gasteiger partial charge in [0.05, 0.1) is 5.56 Å². The summed E-state index contributed by atoms with van der Waals surface area (Å²) in [4.78, 5) is 10.8. The van der Waals surface area contributed by atoms with Crippen LogP contribution in [0.3, 0.4) is 0 Å². The van der Waals surface area contributed by atoms with Crippen molar-refractivity contribution in [3.8, 4) is 11.5 Å². The summed E-state index contributed by atoms with van der Waals surface area (Å²) < 4.78 is 0. The van der Waals surface area contributed by atoms with Crippen LogP contribution in [0.4, 0.5) is 0 Å². The van der Waals surface area contributed by atoms with Gasteiger partial charge < -0.3 is 21.1 Å². The molecule has 0 saturated carbocycles. The lowest BCUT2D eigenvalue weighted by atomic mass is 10.1. The Morgan fingerprint density at radius 1 is 1.36 bits per heavy atom. The van der Waals surface area contributed by atoms with Crippen molar-refractivity contribution < 1.29 is 20.1 Å². The van der Waals surface area contributed by atoms with Crippen LogP contribution in [0.5, 0.6) is 11.5 Å².